The molecule has 6 rings (SSSR count). The van der Waals surface area contributed by atoms with E-state index < -0.39 is 21.7 Å². The number of aromatic nitrogens is 2. The van der Waals surface area contributed by atoms with Gasteiger partial charge in [-0.05, 0) is 69.6 Å². The van der Waals surface area contributed by atoms with Crippen molar-refractivity contribution >= 4 is 27.8 Å². The summed E-state index contributed by atoms with van der Waals surface area (Å²) in [5.41, 5.74) is 2.22. The van der Waals surface area contributed by atoms with Gasteiger partial charge in [0.25, 0.3) is 15.9 Å². The molecule has 2 saturated heterocycles. The lowest BCUT2D eigenvalue weighted by molar-refractivity contribution is -0.141. The SMILES string of the molecule is Cc1cccc(C)c1-c1cc2nc(n1)NS(=O)(=O)c1cccc(c1)C(=O)NC1(CCN(C(=O)C3CCCN(C)C3)CC1)O2. The third kappa shape index (κ3) is 5.94. The number of rotatable bonds is 2. The highest BCUT2D eigenvalue weighted by Crippen LogP contribution is 2.33. The zero-order valence-electron chi connectivity index (χ0n) is 24.6. The standard InChI is InChI=1S/C31H36N6O5S/c1-20-7-4-8-21(2)27(20)25-18-26-33-30(32-25)35-43(40,41)24-11-5-9-22(17-24)28(38)34-31(42-26)12-15-37(16-13-31)29(39)23-10-6-14-36(3)19-23/h4-5,7-9,11,17-18,23H,6,10,12-16,19H2,1-3H3,(H,34,38)(H,32,33,35). The first kappa shape index (κ1) is 29.1. The summed E-state index contributed by atoms with van der Waals surface area (Å²) in [5, 5.41) is 3.04. The van der Waals surface area contributed by atoms with E-state index in [1.165, 1.54) is 18.2 Å². The first-order chi connectivity index (χ1) is 20.5. The van der Waals surface area contributed by atoms with Gasteiger partial charge in [-0.25, -0.2) is 18.1 Å². The Morgan fingerprint density at radius 1 is 1.02 bits per heavy atom. The zero-order valence-corrected chi connectivity index (χ0v) is 25.4. The number of carbonyl (C=O) groups excluding carboxylic acids is 2. The molecule has 1 atom stereocenters. The fraction of sp³-hybridized carbons (Fsp3) is 0.419. The minimum Gasteiger partial charge on any atom is -0.451 e. The molecule has 3 aromatic rings. The topological polar surface area (TPSA) is 134 Å². The van der Waals surface area contributed by atoms with Crippen molar-refractivity contribution in [2.24, 2.45) is 5.92 Å². The normalized spacial score (nSPS) is 21.5. The molecule has 0 aliphatic carbocycles. The van der Waals surface area contributed by atoms with Crippen LogP contribution in [0.15, 0.2) is 53.4 Å². The van der Waals surface area contributed by atoms with E-state index in [1.54, 1.807) is 12.1 Å². The summed E-state index contributed by atoms with van der Waals surface area (Å²) < 4.78 is 35.7. The number of nitrogens with one attached hydrogen (secondary N) is 2. The van der Waals surface area contributed by atoms with E-state index in [2.05, 4.69) is 24.9 Å². The largest absolute Gasteiger partial charge is 0.451 e. The van der Waals surface area contributed by atoms with Crippen molar-refractivity contribution in [2.45, 2.75) is 50.2 Å². The zero-order chi connectivity index (χ0) is 30.4. The number of piperidine rings is 2. The highest BCUT2D eigenvalue weighted by atomic mass is 32.2. The molecule has 3 aliphatic heterocycles. The van der Waals surface area contributed by atoms with Crippen molar-refractivity contribution in [3.8, 4) is 17.1 Å². The third-order valence-corrected chi connectivity index (χ3v) is 9.90. The van der Waals surface area contributed by atoms with Crippen LogP contribution in [0.4, 0.5) is 5.95 Å². The number of fused-ring (bicyclic) bond motifs is 4. The number of anilines is 1. The molecule has 2 N–H and O–H groups in total. The quantitative estimate of drug-likeness (QED) is 0.455. The Hall–Kier alpha value is -4.03. The number of carbonyl (C=O) groups is 2. The van der Waals surface area contributed by atoms with Gasteiger partial charge in [-0.3, -0.25) is 9.59 Å². The second-order valence-corrected chi connectivity index (χ2v) is 13.5. The molecule has 2 amide bonds. The average molecular weight is 605 g/mol. The van der Waals surface area contributed by atoms with Gasteiger partial charge in [-0.15, -0.1) is 0 Å². The van der Waals surface area contributed by atoms with E-state index in [4.69, 9.17) is 4.74 Å². The third-order valence-electron chi connectivity index (χ3n) is 8.57. The summed E-state index contributed by atoms with van der Waals surface area (Å²) in [6.07, 6.45) is 2.52. The van der Waals surface area contributed by atoms with E-state index in [0.717, 1.165) is 42.6 Å². The monoisotopic (exact) mass is 604 g/mol. The molecule has 43 heavy (non-hydrogen) atoms. The molecule has 12 heteroatoms. The lowest BCUT2D eigenvalue weighted by Crippen LogP contribution is -2.60. The van der Waals surface area contributed by atoms with Gasteiger partial charge in [0.15, 0.2) is 5.72 Å². The van der Waals surface area contributed by atoms with Crippen LogP contribution in [0.1, 0.15) is 47.2 Å². The summed E-state index contributed by atoms with van der Waals surface area (Å²) in [7, 11) is -2.07. The van der Waals surface area contributed by atoms with Crippen LogP contribution in [0.3, 0.4) is 0 Å². The first-order valence-electron chi connectivity index (χ1n) is 14.6. The van der Waals surface area contributed by atoms with Crippen molar-refractivity contribution in [1.82, 2.24) is 25.1 Å². The Kier molecular flexibility index (Phi) is 7.59. The van der Waals surface area contributed by atoms with E-state index in [-0.39, 0.29) is 34.1 Å². The number of amides is 2. The van der Waals surface area contributed by atoms with E-state index in [0.29, 0.717) is 31.6 Å². The second-order valence-electron chi connectivity index (χ2n) is 11.8. The first-order valence-corrected chi connectivity index (χ1v) is 16.1. The molecule has 11 nitrogen and oxygen atoms in total. The number of likely N-dealkylation sites (tertiary alicyclic amines) is 2. The van der Waals surface area contributed by atoms with Gasteiger partial charge < -0.3 is 19.9 Å². The lowest BCUT2D eigenvalue weighted by Gasteiger charge is -2.43. The molecule has 0 radical (unpaired) electrons. The lowest BCUT2D eigenvalue weighted by atomic mass is 9.94. The molecular formula is C31H36N6O5S. The summed E-state index contributed by atoms with van der Waals surface area (Å²) >= 11 is 0. The van der Waals surface area contributed by atoms with E-state index in [1.807, 2.05) is 44.0 Å². The molecule has 226 valence electrons. The number of ether oxygens (including phenoxy) is 1. The molecule has 3 aliphatic rings. The number of aryl methyl sites for hydroxylation is 2. The molecule has 1 unspecified atom stereocenters. The number of hydrogen-bond donors (Lipinski definition) is 2. The Balaban J connectivity index is 1.39. The average Bonchev–Trinajstić information content (AvgIpc) is 2.96. The molecule has 4 bridgehead atoms. The van der Waals surface area contributed by atoms with Crippen molar-refractivity contribution in [1.29, 1.82) is 0 Å². The maximum absolute atomic E-state index is 13.6. The molecule has 1 spiro atoms. The molecule has 2 aromatic carbocycles. The van der Waals surface area contributed by atoms with Crippen LogP contribution in [0, 0.1) is 19.8 Å². The maximum atomic E-state index is 13.6. The van der Waals surface area contributed by atoms with Crippen LogP contribution in [-0.4, -0.2) is 79.0 Å². The smallest absolute Gasteiger partial charge is 0.264 e. The molecule has 0 saturated carbocycles. The summed E-state index contributed by atoms with van der Waals surface area (Å²) in [4.78, 5) is 39.9. The highest BCUT2D eigenvalue weighted by molar-refractivity contribution is 7.92. The number of benzene rings is 2. The van der Waals surface area contributed by atoms with Crippen molar-refractivity contribution in [3.63, 3.8) is 0 Å². The van der Waals surface area contributed by atoms with Crippen molar-refractivity contribution < 1.29 is 22.7 Å². The minimum absolute atomic E-state index is 0.0419. The van der Waals surface area contributed by atoms with Crippen LogP contribution >= 0.6 is 0 Å². The van der Waals surface area contributed by atoms with Crippen molar-refractivity contribution in [3.05, 3.63) is 65.2 Å². The highest BCUT2D eigenvalue weighted by Gasteiger charge is 2.42. The van der Waals surface area contributed by atoms with E-state index in [9.17, 15) is 18.0 Å². The maximum Gasteiger partial charge on any atom is 0.264 e. The van der Waals surface area contributed by atoms with Gasteiger partial charge in [0, 0.05) is 49.7 Å². The Labute approximate surface area is 251 Å². The Morgan fingerprint density at radius 3 is 2.47 bits per heavy atom. The van der Waals surface area contributed by atoms with Gasteiger partial charge in [0.05, 0.1) is 16.5 Å². The summed E-state index contributed by atoms with van der Waals surface area (Å²) in [6.45, 7) is 6.44. The van der Waals surface area contributed by atoms with Crippen LogP contribution in [0.5, 0.6) is 5.88 Å². The number of nitrogens with zero attached hydrogens (tertiary/aromatic N) is 4. The summed E-state index contributed by atoms with van der Waals surface area (Å²) in [5.74, 6) is -0.417. The fourth-order valence-corrected chi connectivity index (χ4v) is 7.29. The van der Waals surface area contributed by atoms with Crippen LogP contribution < -0.4 is 14.8 Å². The minimum atomic E-state index is -4.11. The molecule has 4 heterocycles. The van der Waals surface area contributed by atoms with Gasteiger partial charge >= 0.3 is 0 Å². The Bertz CT molecular complexity index is 1670. The van der Waals surface area contributed by atoms with Crippen LogP contribution in [-0.2, 0) is 14.8 Å². The van der Waals surface area contributed by atoms with Crippen molar-refractivity contribution in [2.75, 3.05) is 37.9 Å². The molecule has 2 fully saturated rings. The predicted molar refractivity (Wildman–Crippen MR) is 161 cm³/mol. The van der Waals surface area contributed by atoms with Crippen LogP contribution in [0.2, 0.25) is 0 Å². The fourth-order valence-electron chi connectivity index (χ4n) is 6.30. The summed E-state index contributed by atoms with van der Waals surface area (Å²) in [6, 6.07) is 13.3. The number of sulfonamides is 1. The van der Waals surface area contributed by atoms with Gasteiger partial charge in [-0.2, -0.15) is 4.98 Å². The Morgan fingerprint density at radius 2 is 1.74 bits per heavy atom. The number of hydrogen-bond acceptors (Lipinski definition) is 8. The predicted octanol–water partition coefficient (Wildman–Crippen LogP) is 3.34. The van der Waals surface area contributed by atoms with Gasteiger partial charge in [0.1, 0.15) is 0 Å². The van der Waals surface area contributed by atoms with E-state index >= 15 is 0 Å². The molecular weight excluding hydrogens is 568 g/mol. The van der Waals surface area contributed by atoms with Crippen LogP contribution in [0.25, 0.3) is 11.3 Å². The second kappa shape index (κ2) is 11.2. The van der Waals surface area contributed by atoms with Gasteiger partial charge in [-0.1, -0.05) is 24.3 Å². The van der Waals surface area contributed by atoms with Gasteiger partial charge in [0.2, 0.25) is 17.7 Å². The molecule has 1 aromatic heterocycles.